The third kappa shape index (κ3) is 3.11. The van der Waals surface area contributed by atoms with Crippen molar-refractivity contribution in [2.45, 2.75) is 19.8 Å². The standard InChI is InChI=1S/C22H19FN2O3/c1-13-6-11-16-18(12-13)22(28)25(21(16)27)19-5-3-2-4-17(19)20(26)24-15-9-7-14(23)8-10-15/h2-10,16,18H,11-12H2,1H3,(H,24,26)/t16-,18-/m1/s1. The predicted molar refractivity (Wildman–Crippen MR) is 103 cm³/mol. The van der Waals surface area contributed by atoms with Crippen LogP contribution in [0.4, 0.5) is 15.8 Å². The normalized spacial score (nSPS) is 21.4. The summed E-state index contributed by atoms with van der Waals surface area (Å²) in [4.78, 5) is 39.8. The van der Waals surface area contributed by atoms with Crippen molar-refractivity contribution in [3.05, 3.63) is 71.6 Å². The van der Waals surface area contributed by atoms with Gasteiger partial charge in [-0.05, 0) is 56.2 Å². The van der Waals surface area contributed by atoms with E-state index in [0.29, 0.717) is 18.5 Å². The first-order valence-electron chi connectivity index (χ1n) is 9.15. The summed E-state index contributed by atoms with van der Waals surface area (Å²) < 4.78 is 13.1. The molecule has 2 atom stereocenters. The van der Waals surface area contributed by atoms with Gasteiger partial charge in [-0.15, -0.1) is 0 Å². The summed E-state index contributed by atoms with van der Waals surface area (Å²) in [6, 6.07) is 11.9. The number of carbonyl (C=O) groups excluding carboxylic acids is 3. The highest BCUT2D eigenvalue weighted by molar-refractivity contribution is 6.25. The first kappa shape index (κ1) is 18.1. The third-order valence-corrected chi connectivity index (χ3v) is 5.31. The fourth-order valence-corrected chi connectivity index (χ4v) is 3.87. The molecule has 2 aromatic rings. The van der Waals surface area contributed by atoms with E-state index in [1.807, 2.05) is 13.0 Å². The number of halogens is 1. The summed E-state index contributed by atoms with van der Waals surface area (Å²) in [6.07, 6.45) is 3.11. The number of carbonyl (C=O) groups is 3. The Labute approximate surface area is 161 Å². The number of nitrogens with one attached hydrogen (secondary N) is 1. The quantitative estimate of drug-likeness (QED) is 0.650. The molecule has 1 fully saturated rings. The molecule has 0 spiro atoms. The van der Waals surface area contributed by atoms with Crippen LogP contribution in [0.1, 0.15) is 30.1 Å². The van der Waals surface area contributed by atoms with Gasteiger partial charge in [0, 0.05) is 5.69 Å². The van der Waals surface area contributed by atoms with E-state index in [2.05, 4.69) is 5.32 Å². The number of hydrogen-bond acceptors (Lipinski definition) is 3. The van der Waals surface area contributed by atoms with Gasteiger partial charge in [0.1, 0.15) is 5.82 Å². The van der Waals surface area contributed by atoms with Crippen molar-refractivity contribution >= 4 is 29.1 Å². The minimum atomic E-state index is -0.466. The molecule has 0 saturated carbocycles. The average Bonchev–Trinajstić information content (AvgIpc) is 2.93. The van der Waals surface area contributed by atoms with Gasteiger partial charge in [0.2, 0.25) is 11.8 Å². The summed E-state index contributed by atoms with van der Waals surface area (Å²) >= 11 is 0. The highest BCUT2D eigenvalue weighted by atomic mass is 19.1. The van der Waals surface area contributed by atoms with Gasteiger partial charge in [0.25, 0.3) is 5.91 Å². The van der Waals surface area contributed by atoms with Crippen LogP contribution in [0.2, 0.25) is 0 Å². The summed E-state index contributed by atoms with van der Waals surface area (Å²) in [6.45, 7) is 1.96. The Kier molecular flexibility index (Phi) is 4.55. The number of para-hydroxylation sites is 1. The van der Waals surface area contributed by atoms with Crippen molar-refractivity contribution in [1.29, 1.82) is 0 Å². The van der Waals surface area contributed by atoms with Gasteiger partial charge < -0.3 is 5.32 Å². The van der Waals surface area contributed by atoms with Crippen LogP contribution < -0.4 is 10.2 Å². The number of rotatable bonds is 3. The van der Waals surface area contributed by atoms with Crippen LogP contribution in [0.15, 0.2) is 60.2 Å². The molecule has 1 N–H and O–H groups in total. The lowest BCUT2D eigenvalue weighted by atomic mass is 9.82. The Bertz CT molecular complexity index is 997. The molecule has 142 valence electrons. The van der Waals surface area contributed by atoms with E-state index >= 15 is 0 Å². The highest BCUT2D eigenvalue weighted by Crippen LogP contribution is 2.40. The Morgan fingerprint density at radius 1 is 1.04 bits per heavy atom. The van der Waals surface area contributed by atoms with Gasteiger partial charge >= 0.3 is 0 Å². The smallest absolute Gasteiger partial charge is 0.257 e. The first-order chi connectivity index (χ1) is 13.5. The van der Waals surface area contributed by atoms with Crippen molar-refractivity contribution in [3.8, 4) is 0 Å². The number of nitrogens with zero attached hydrogens (tertiary/aromatic N) is 1. The van der Waals surface area contributed by atoms with Gasteiger partial charge in [0.15, 0.2) is 0 Å². The number of allylic oxidation sites excluding steroid dienone is 2. The second-order valence-electron chi connectivity index (χ2n) is 7.19. The number of amides is 3. The summed E-state index contributed by atoms with van der Waals surface area (Å²) in [5.41, 5.74) is 2.03. The number of anilines is 2. The van der Waals surface area contributed by atoms with Crippen LogP contribution in [-0.2, 0) is 9.59 Å². The highest BCUT2D eigenvalue weighted by Gasteiger charge is 2.49. The monoisotopic (exact) mass is 378 g/mol. The van der Waals surface area contributed by atoms with E-state index in [0.717, 1.165) is 10.5 Å². The SMILES string of the molecule is CC1=CC[C@H]2C(=O)N(c3ccccc3C(=O)Nc3ccc(F)cc3)C(=O)[C@@H]2C1. The largest absolute Gasteiger partial charge is 0.322 e. The van der Waals surface area contributed by atoms with Crippen LogP contribution in [0, 0.1) is 17.7 Å². The average molecular weight is 378 g/mol. The van der Waals surface area contributed by atoms with E-state index in [4.69, 9.17) is 0 Å². The Morgan fingerprint density at radius 2 is 1.71 bits per heavy atom. The first-order valence-corrected chi connectivity index (χ1v) is 9.15. The number of hydrogen-bond donors (Lipinski definition) is 1. The maximum atomic E-state index is 13.1. The molecule has 1 aliphatic carbocycles. The summed E-state index contributed by atoms with van der Waals surface area (Å²) in [7, 11) is 0. The number of fused-ring (bicyclic) bond motifs is 1. The lowest BCUT2D eigenvalue weighted by Crippen LogP contribution is -2.33. The Hall–Kier alpha value is -3.28. The van der Waals surface area contributed by atoms with E-state index in [1.165, 1.54) is 24.3 Å². The van der Waals surface area contributed by atoms with Crippen LogP contribution in [-0.4, -0.2) is 17.7 Å². The van der Waals surface area contributed by atoms with Gasteiger partial charge in [-0.1, -0.05) is 23.8 Å². The minimum Gasteiger partial charge on any atom is -0.322 e. The molecule has 28 heavy (non-hydrogen) atoms. The zero-order valence-electron chi connectivity index (χ0n) is 15.3. The van der Waals surface area contributed by atoms with Crippen molar-refractivity contribution in [2.75, 3.05) is 10.2 Å². The molecule has 2 aliphatic rings. The Morgan fingerprint density at radius 3 is 2.46 bits per heavy atom. The van der Waals surface area contributed by atoms with Crippen molar-refractivity contribution < 1.29 is 18.8 Å². The molecule has 1 heterocycles. The molecule has 3 amide bonds. The molecule has 0 unspecified atom stereocenters. The van der Waals surface area contributed by atoms with Gasteiger partial charge in [-0.3, -0.25) is 14.4 Å². The minimum absolute atomic E-state index is 0.219. The fraction of sp³-hybridized carbons (Fsp3) is 0.227. The second kappa shape index (κ2) is 7.03. The van der Waals surface area contributed by atoms with Crippen LogP contribution in [0.5, 0.6) is 0 Å². The summed E-state index contributed by atoms with van der Waals surface area (Å²) in [5.74, 6) is -2.13. The molecule has 1 saturated heterocycles. The molecule has 2 aromatic carbocycles. The predicted octanol–water partition coefficient (Wildman–Crippen LogP) is 3.92. The van der Waals surface area contributed by atoms with Crippen LogP contribution in [0.25, 0.3) is 0 Å². The fourth-order valence-electron chi connectivity index (χ4n) is 3.87. The van der Waals surface area contributed by atoms with Gasteiger partial charge in [-0.2, -0.15) is 0 Å². The Balaban J connectivity index is 1.65. The molecule has 4 rings (SSSR count). The lowest BCUT2D eigenvalue weighted by Gasteiger charge is -2.19. The van der Waals surface area contributed by atoms with Crippen LogP contribution >= 0.6 is 0 Å². The molecule has 0 aromatic heterocycles. The van der Waals surface area contributed by atoms with E-state index < -0.39 is 11.7 Å². The third-order valence-electron chi connectivity index (χ3n) is 5.31. The molecular formula is C22H19FN2O3. The van der Waals surface area contributed by atoms with Gasteiger partial charge in [0.05, 0.1) is 23.1 Å². The second-order valence-corrected chi connectivity index (χ2v) is 7.19. The number of imide groups is 1. The maximum absolute atomic E-state index is 13.1. The molecular weight excluding hydrogens is 359 g/mol. The van der Waals surface area contributed by atoms with E-state index in [9.17, 15) is 18.8 Å². The molecule has 1 aliphatic heterocycles. The summed E-state index contributed by atoms with van der Waals surface area (Å²) in [5, 5.41) is 2.68. The van der Waals surface area contributed by atoms with E-state index in [1.54, 1.807) is 24.3 Å². The zero-order valence-corrected chi connectivity index (χ0v) is 15.3. The van der Waals surface area contributed by atoms with Gasteiger partial charge in [-0.25, -0.2) is 9.29 Å². The molecule has 0 radical (unpaired) electrons. The number of benzene rings is 2. The molecule has 6 heteroatoms. The topological polar surface area (TPSA) is 66.5 Å². The maximum Gasteiger partial charge on any atom is 0.257 e. The molecule has 0 bridgehead atoms. The van der Waals surface area contributed by atoms with Crippen LogP contribution in [0.3, 0.4) is 0 Å². The van der Waals surface area contributed by atoms with Crippen molar-refractivity contribution in [1.82, 2.24) is 0 Å². The van der Waals surface area contributed by atoms with Crippen molar-refractivity contribution in [3.63, 3.8) is 0 Å². The zero-order chi connectivity index (χ0) is 19.8. The van der Waals surface area contributed by atoms with E-state index in [-0.39, 0.29) is 34.9 Å². The molecule has 5 nitrogen and oxygen atoms in total. The lowest BCUT2D eigenvalue weighted by molar-refractivity contribution is -0.122. The van der Waals surface area contributed by atoms with Crippen molar-refractivity contribution in [2.24, 2.45) is 11.8 Å².